The maximum Gasteiger partial charge on any atom is 0.0132 e. The molecule has 0 N–H and O–H groups in total. The van der Waals surface area contributed by atoms with E-state index in [1.54, 1.807) is 0 Å². The molecule has 1 aliphatic carbocycles. The van der Waals surface area contributed by atoms with Crippen molar-refractivity contribution in [2.24, 2.45) is 5.92 Å². The van der Waals surface area contributed by atoms with Crippen molar-refractivity contribution in [3.8, 4) is 0 Å². The van der Waals surface area contributed by atoms with Gasteiger partial charge in [0.2, 0.25) is 0 Å². The van der Waals surface area contributed by atoms with Crippen LogP contribution in [0.15, 0.2) is 22.7 Å². The van der Waals surface area contributed by atoms with Crippen LogP contribution in [0.1, 0.15) is 51.9 Å². The SMILES string of the molecule is CCCCCCCC1C=CC(Br)=CC1. The van der Waals surface area contributed by atoms with Gasteiger partial charge in [0.25, 0.3) is 0 Å². The minimum Gasteiger partial charge on any atom is -0.0800 e. The van der Waals surface area contributed by atoms with Gasteiger partial charge in [0.05, 0.1) is 0 Å². The van der Waals surface area contributed by atoms with Gasteiger partial charge >= 0.3 is 0 Å². The molecule has 1 atom stereocenters. The molecule has 0 nitrogen and oxygen atoms in total. The van der Waals surface area contributed by atoms with E-state index in [2.05, 4.69) is 41.1 Å². The quantitative estimate of drug-likeness (QED) is 0.573. The molecule has 1 aliphatic rings. The lowest BCUT2D eigenvalue weighted by molar-refractivity contribution is 0.524. The number of hydrogen-bond acceptors (Lipinski definition) is 0. The Hall–Kier alpha value is -0.0400. The molecule has 0 amide bonds. The summed E-state index contributed by atoms with van der Waals surface area (Å²) in [6.45, 7) is 2.27. The average Bonchev–Trinajstić information content (AvgIpc) is 2.21. The zero-order chi connectivity index (χ0) is 10.2. The van der Waals surface area contributed by atoms with Crippen LogP contribution in [0.5, 0.6) is 0 Å². The van der Waals surface area contributed by atoms with Gasteiger partial charge in [0.1, 0.15) is 0 Å². The summed E-state index contributed by atoms with van der Waals surface area (Å²) >= 11 is 3.49. The van der Waals surface area contributed by atoms with Crippen molar-refractivity contribution in [1.82, 2.24) is 0 Å². The highest BCUT2D eigenvalue weighted by atomic mass is 79.9. The third-order valence-electron chi connectivity index (χ3n) is 2.82. The van der Waals surface area contributed by atoms with Crippen molar-refractivity contribution in [3.05, 3.63) is 22.7 Å². The first kappa shape index (κ1) is 12.0. The van der Waals surface area contributed by atoms with Gasteiger partial charge in [-0.1, -0.05) is 73.2 Å². The monoisotopic (exact) mass is 256 g/mol. The molecule has 0 saturated heterocycles. The largest absolute Gasteiger partial charge is 0.0800 e. The second kappa shape index (κ2) is 7.28. The van der Waals surface area contributed by atoms with Crippen LogP contribution in [-0.2, 0) is 0 Å². The van der Waals surface area contributed by atoms with Crippen molar-refractivity contribution in [1.29, 1.82) is 0 Å². The highest BCUT2D eigenvalue weighted by molar-refractivity contribution is 9.11. The molecule has 80 valence electrons. The molecule has 0 fully saturated rings. The van der Waals surface area contributed by atoms with E-state index in [1.165, 1.54) is 49.4 Å². The van der Waals surface area contributed by atoms with E-state index in [9.17, 15) is 0 Å². The summed E-state index contributed by atoms with van der Waals surface area (Å²) in [5, 5.41) is 0. The third kappa shape index (κ3) is 4.99. The van der Waals surface area contributed by atoms with E-state index >= 15 is 0 Å². The van der Waals surface area contributed by atoms with Crippen LogP contribution in [0.2, 0.25) is 0 Å². The van der Waals surface area contributed by atoms with E-state index in [4.69, 9.17) is 0 Å². The molecule has 14 heavy (non-hydrogen) atoms. The van der Waals surface area contributed by atoms with E-state index in [-0.39, 0.29) is 0 Å². The smallest absolute Gasteiger partial charge is 0.0132 e. The molecule has 1 rings (SSSR count). The van der Waals surface area contributed by atoms with E-state index in [1.807, 2.05) is 0 Å². The molecule has 0 aromatic heterocycles. The Kier molecular flexibility index (Phi) is 6.25. The van der Waals surface area contributed by atoms with Crippen LogP contribution in [-0.4, -0.2) is 0 Å². The van der Waals surface area contributed by atoms with Gasteiger partial charge in [0, 0.05) is 4.48 Å². The summed E-state index contributed by atoms with van der Waals surface area (Å²) in [7, 11) is 0. The highest BCUT2D eigenvalue weighted by Gasteiger charge is 2.06. The highest BCUT2D eigenvalue weighted by Crippen LogP contribution is 2.24. The molecule has 0 aliphatic heterocycles. The summed E-state index contributed by atoms with van der Waals surface area (Å²) in [4.78, 5) is 0. The zero-order valence-corrected chi connectivity index (χ0v) is 10.7. The fourth-order valence-electron chi connectivity index (χ4n) is 1.86. The van der Waals surface area contributed by atoms with Crippen molar-refractivity contribution in [2.45, 2.75) is 51.9 Å². The molecule has 0 heterocycles. The van der Waals surface area contributed by atoms with Crippen LogP contribution < -0.4 is 0 Å². The van der Waals surface area contributed by atoms with Crippen molar-refractivity contribution in [3.63, 3.8) is 0 Å². The first-order valence-corrected chi connectivity index (χ1v) is 6.66. The maximum atomic E-state index is 3.49. The minimum atomic E-state index is 0.804. The van der Waals surface area contributed by atoms with Crippen LogP contribution in [0.4, 0.5) is 0 Å². The van der Waals surface area contributed by atoms with Crippen molar-refractivity contribution >= 4 is 15.9 Å². The summed E-state index contributed by atoms with van der Waals surface area (Å²) in [6, 6.07) is 0. The second-order valence-corrected chi connectivity index (χ2v) is 5.06. The Morgan fingerprint density at radius 3 is 2.71 bits per heavy atom. The Morgan fingerprint density at radius 2 is 2.07 bits per heavy atom. The topological polar surface area (TPSA) is 0 Å². The van der Waals surface area contributed by atoms with Crippen LogP contribution >= 0.6 is 15.9 Å². The molecule has 0 bridgehead atoms. The molecule has 1 unspecified atom stereocenters. The van der Waals surface area contributed by atoms with Gasteiger partial charge < -0.3 is 0 Å². The molecule has 0 spiro atoms. The predicted molar refractivity (Wildman–Crippen MR) is 67.6 cm³/mol. The zero-order valence-electron chi connectivity index (χ0n) is 9.14. The summed E-state index contributed by atoms with van der Waals surface area (Å²) in [5.74, 6) is 0.804. The van der Waals surface area contributed by atoms with E-state index in [0.717, 1.165) is 5.92 Å². The van der Waals surface area contributed by atoms with Gasteiger partial charge in [-0.15, -0.1) is 0 Å². The van der Waals surface area contributed by atoms with Crippen LogP contribution in [0, 0.1) is 5.92 Å². The number of allylic oxidation sites excluding steroid dienone is 4. The average molecular weight is 257 g/mol. The number of halogens is 1. The van der Waals surface area contributed by atoms with Crippen LogP contribution in [0.3, 0.4) is 0 Å². The van der Waals surface area contributed by atoms with Gasteiger partial charge in [-0.05, 0) is 18.8 Å². The van der Waals surface area contributed by atoms with Crippen molar-refractivity contribution < 1.29 is 0 Å². The molecular weight excluding hydrogens is 236 g/mol. The molecule has 0 aromatic carbocycles. The summed E-state index contributed by atoms with van der Waals surface area (Å²) in [5.41, 5.74) is 0. The fraction of sp³-hybridized carbons (Fsp3) is 0.692. The normalized spacial score (nSPS) is 21.0. The third-order valence-corrected chi connectivity index (χ3v) is 3.41. The Morgan fingerprint density at radius 1 is 1.29 bits per heavy atom. The first-order valence-electron chi connectivity index (χ1n) is 5.86. The lowest BCUT2D eigenvalue weighted by Crippen LogP contribution is -1.98. The molecular formula is C13H21Br. The lowest BCUT2D eigenvalue weighted by atomic mass is 9.94. The van der Waals surface area contributed by atoms with E-state index < -0.39 is 0 Å². The van der Waals surface area contributed by atoms with Crippen LogP contribution in [0.25, 0.3) is 0 Å². The molecule has 0 radical (unpaired) electrons. The number of rotatable bonds is 6. The van der Waals surface area contributed by atoms with Crippen molar-refractivity contribution in [2.75, 3.05) is 0 Å². The van der Waals surface area contributed by atoms with Gasteiger partial charge in [-0.3, -0.25) is 0 Å². The Bertz CT molecular complexity index is 203. The molecule has 1 heteroatoms. The fourth-order valence-corrected chi connectivity index (χ4v) is 2.20. The molecule has 0 saturated carbocycles. The summed E-state index contributed by atoms with van der Waals surface area (Å²) in [6.07, 6.45) is 16.4. The van der Waals surface area contributed by atoms with E-state index in [0.29, 0.717) is 0 Å². The lowest BCUT2D eigenvalue weighted by Gasteiger charge is -2.13. The van der Waals surface area contributed by atoms with Gasteiger partial charge in [-0.25, -0.2) is 0 Å². The number of unbranched alkanes of at least 4 members (excludes halogenated alkanes) is 4. The molecule has 0 aromatic rings. The Labute approximate surface area is 96.6 Å². The van der Waals surface area contributed by atoms with Gasteiger partial charge in [0.15, 0.2) is 0 Å². The number of hydrogen-bond donors (Lipinski definition) is 0. The Balaban J connectivity index is 2.01. The second-order valence-electron chi connectivity index (χ2n) is 4.15. The predicted octanol–water partition coefficient (Wildman–Crippen LogP) is 5.20. The summed E-state index contributed by atoms with van der Waals surface area (Å²) < 4.78 is 1.25. The van der Waals surface area contributed by atoms with Gasteiger partial charge in [-0.2, -0.15) is 0 Å². The maximum absolute atomic E-state index is 3.49. The standard InChI is InChI=1S/C13H21Br/c1-2-3-4-5-6-7-12-8-10-13(14)11-9-12/h8,10-12H,2-7,9H2,1H3. The first-order chi connectivity index (χ1) is 6.83. The minimum absolute atomic E-state index is 0.804.